The molecular weight excluding hydrogens is 407 g/mol. The summed E-state index contributed by atoms with van der Waals surface area (Å²) in [6, 6.07) is 6.33. The van der Waals surface area contributed by atoms with Crippen LogP contribution in [0.2, 0.25) is 0 Å². The van der Waals surface area contributed by atoms with Crippen LogP contribution in [0.15, 0.2) is 29.6 Å². The fourth-order valence-corrected chi connectivity index (χ4v) is 5.60. The summed E-state index contributed by atoms with van der Waals surface area (Å²) in [5, 5.41) is 51.8. The Morgan fingerprint density at radius 1 is 1.04 bits per heavy atom. The Morgan fingerprint density at radius 2 is 1.82 bits per heavy atom. The number of thiophene rings is 2. The third-order valence-electron chi connectivity index (χ3n) is 4.95. The van der Waals surface area contributed by atoms with Gasteiger partial charge in [0.15, 0.2) is 0 Å². The molecule has 1 fully saturated rings. The number of phenols is 1. The minimum Gasteiger partial charge on any atom is -0.507 e. The molecule has 6 nitrogen and oxygen atoms in total. The van der Waals surface area contributed by atoms with Gasteiger partial charge in [-0.25, -0.2) is 4.39 Å². The van der Waals surface area contributed by atoms with Crippen molar-refractivity contribution >= 4 is 32.1 Å². The van der Waals surface area contributed by atoms with Gasteiger partial charge >= 0.3 is 0 Å². The van der Waals surface area contributed by atoms with Crippen molar-refractivity contribution in [3.8, 4) is 5.75 Å². The first kappa shape index (κ1) is 19.7. The van der Waals surface area contributed by atoms with Crippen molar-refractivity contribution in [1.82, 2.24) is 0 Å². The van der Waals surface area contributed by atoms with Crippen molar-refractivity contribution in [2.24, 2.45) is 0 Å². The van der Waals surface area contributed by atoms with Gasteiger partial charge in [-0.05, 0) is 29.1 Å². The molecule has 3 aromatic rings. The van der Waals surface area contributed by atoms with Gasteiger partial charge in [-0.3, -0.25) is 0 Å². The van der Waals surface area contributed by atoms with Crippen LogP contribution in [-0.4, -0.2) is 56.6 Å². The molecule has 0 saturated carbocycles. The molecule has 28 heavy (non-hydrogen) atoms. The van der Waals surface area contributed by atoms with Gasteiger partial charge in [-0.2, -0.15) is 0 Å². The lowest BCUT2D eigenvalue weighted by Gasteiger charge is -2.40. The second-order valence-electron chi connectivity index (χ2n) is 6.79. The molecule has 1 saturated heterocycles. The Hall–Kier alpha value is -1.59. The van der Waals surface area contributed by atoms with E-state index in [0.29, 0.717) is 12.0 Å². The van der Waals surface area contributed by atoms with E-state index in [1.807, 2.05) is 17.5 Å². The van der Waals surface area contributed by atoms with E-state index in [2.05, 4.69) is 0 Å². The zero-order valence-electron chi connectivity index (χ0n) is 14.5. The summed E-state index contributed by atoms with van der Waals surface area (Å²) in [4.78, 5) is 0.950. The number of phenolic OH excluding ortho intramolecular Hbond substituents is 1. The Balaban J connectivity index is 1.67. The van der Waals surface area contributed by atoms with E-state index in [1.54, 1.807) is 22.7 Å². The molecule has 9 heteroatoms. The van der Waals surface area contributed by atoms with Gasteiger partial charge in [0.05, 0.1) is 6.61 Å². The van der Waals surface area contributed by atoms with E-state index in [1.165, 1.54) is 6.07 Å². The first-order valence-electron chi connectivity index (χ1n) is 8.66. The monoisotopic (exact) mass is 426 g/mol. The van der Waals surface area contributed by atoms with Crippen LogP contribution in [-0.2, 0) is 11.2 Å². The summed E-state index contributed by atoms with van der Waals surface area (Å²) < 4.78 is 22.2. The van der Waals surface area contributed by atoms with Crippen molar-refractivity contribution < 1.29 is 34.7 Å². The summed E-state index contributed by atoms with van der Waals surface area (Å²) in [6.45, 7) is -0.581. The lowest BCUT2D eigenvalue weighted by atomic mass is 9.89. The minimum atomic E-state index is -1.58. The van der Waals surface area contributed by atoms with Crippen molar-refractivity contribution in [2.45, 2.75) is 36.9 Å². The fraction of sp³-hybridized carbons (Fsp3) is 0.368. The first-order chi connectivity index (χ1) is 13.4. The lowest BCUT2D eigenvalue weighted by molar-refractivity contribution is -0.232. The van der Waals surface area contributed by atoms with Gasteiger partial charge in [0, 0.05) is 32.3 Å². The molecule has 3 heterocycles. The highest BCUT2D eigenvalue weighted by Gasteiger charge is 2.44. The maximum absolute atomic E-state index is 14.5. The highest BCUT2D eigenvalue weighted by atomic mass is 32.1. The number of aliphatic hydroxyl groups excluding tert-OH is 4. The van der Waals surface area contributed by atoms with Crippen LogP contribution in [0.25, 0.3) is 9.40 Å². The summed E-state index contributed by atoms with van der Waals surface area (Å²) >= 11 is 3.16. The molecule has 1 aliphatic heterocycles. The second kappa shape index (κ2) is 7.68. The minimum absolute atomic E-state index is 0.0895. The van der Waals surface area contributed by atoms with Crippen molar-refractivity contribution in [3.63, 3.8) is 0 Å². The number of aromatic hydroxyl groups is 1. The largest absolute Gasteiger partial charge is 0.507 e. The standard InChI is InChI=1S/C19H19FO6S2/c20-11-6-12(22)10(19-18(25)17(24)16(23)13(7-21)26-19)4-8(11)3-9-5-15-14(28-9)1-2-27-15/h1-2,4-6,13,16-19,21-25H,3,7H2/t13-,16-,17?,18-,19?/m1/s1. The molecule has 0 radical (unpaired) electrons. The van der Waals surface area contributed by atoms with Gasteiger partial charge < -0.3 is 30.3 Å². The van der Waals surface area contributed by atoms with Crippen LogP contribution in [0.1, 0.15) is 22.1 Å². The number of aliphatic hydroxyl groups is 4. The molecule has 150 valence electrons. The Morgan fingerprint density at radius 3 is 2.54 bits per heavy atom. The summed E-state index contributed by atoms with van der Waals surface area (Å²) in [6.07, 6.45) is -6.66. The summed E-state index contributed by atoms with van der Waals surface area (Å²) in [7, 11) is 0. The highest BCUT2D eigenvalue weighted by molar-refractivity contribution is 7.26. The van der Waals surface area contributed by atoms with Crippen LogP contribution in [0.3, 0.4) is 0 Å². The lowest BCUT2D eigenvalue weighted by Crippen LogP contribution is -2.55. The maximum atomic E-state index is 14.5. The van der Waals surface area contributed by atoms with Crippen LogP contribution in [0, 0.1) is 5.82 Å². The summed E-state index contributed by atoms with van der Waals surface area (Å²) in [5.74, 6) is -1.03. The second-order valence-corrected chi connectivity index (χ2v) is 8.91. The average molecular weight is 426 g/mol. The van der Waals surface area contributed by atoms with Gasteiger partial charge in [0.1, 0.15) is 42.1 Å². The number of ether oxygens (including phenoxy) is 1. The van der Waals surface area contributed by atoms with Crippen LogP contribution in [0.5, 0.6) is 5.75 Å². The topological polar surface area (TPSA) is 110 Å². The zero-order valence-corrected chi connectivity index (χ0v) is 16.2. The molecular formula is C19H19FO6S2. The molecule has 5 atom stereocenters. The van der Waals surface area contributed by atoms with E-state index in [0.717, 1.165) is 20.3 Å². The molecule has 2 unspecified atom stereocenters. The number of fused-ring (bicyclic) bond motifs is 1. The van der Waals surface area contributed by atoms with E-state index in [-0.39, 0.29) is 5.56 Å². The molecule has 2 aromatic heterocycles. The van der Waals surface area contributed by atoms with Crippen LogP contribution < -0.4 is 0 Å². The third kappa shape index (κ3) is 3.43. The SMILES string of the molecule is OC[C@H]1OC(c2cc(Cc3cc4sccc4s3)c(F)cc2O)[C@H](O)C(O)[C@@H]1O. The number of benzene rings is 1. The Labute approximate surface area is 167 Å². The molecule has 1 aromatic carbocycles. The van der Waals surface area contributed by atoms with Gasteiger partial charge in [-0.1, -0.05) is 0 Å². The molecule has 0 amide bonds. The van der Waals surface area contributed by atoms with Crippen LogP contribution in [0.4, 0.5) is 4.39 Å². The average Bonchev–Trinajstić information content (AvgIpc) is 3.24. The normalized spacial score (nSPS) is 28.1. The van der Waals surface area contributed by atoms with E-state index in [9.17, 15) is 29.9 Å². The van der Waals surface area contributed by atoms with Crippen LogP contribution >= 0.6 is 22.7 Å². The predicted octanol–water partition coefficient (Wildman–Crippen LogP) is 1.91. The first-order valence-corrected chi connectivity index (χ1v) is 10.4. The molecule has 0 aliphatic carbocycles. The quantitative estimate of drug-likeness (QED) is 0.436. The summed E-state index contributed by atoms with van der Waals surface area (Å²) in [5.41, 5.74) is 0.394. The van der Waals surface area contributed by atoms with E-state index < -0.39 is 48.7 Å². The smallest absolute Gasteiger partial charge is 0.130 e. The number of rotatable bonds is 4. The predicted molar refractivity (Wildman–Crippen MR) is 103 cm³/mol. The third-order valence-corrected chi connectivity index (χ3v) is 7.04. The van der Waals surface area contributed by atoms with Gasteiger partial charge in [0.2, 0.25) is 0 Å². The fourth-order valence-electron chi connectivity index (χ4n) is 3.44. The van der Waals surface area contributed by atoms with Gasteiger partial charge in [0.25, 0.3) is 0 Å². The van der Waals surface area contributed by atoms with E-state index in [4.69, 9.17) is 4.74 Å². The molecule has 0 bridgehead atoms. The molecule has 5 N–H and O–H groups in total. The van der Waals surface area contributed by atoms with Crippen molar-refractivity contribution in [3.05, 3.63) is 51.5 Å². The van der Waals surface area contributed by atoms with Gasteiger partial charge in [-0.15, -0.1) is 22.7 Å². The zero-order chi connectivity index (χ0) is 20.0. The van der Waals surface area contributed by atoms with Crippen molar-refractivity contribution in [2.75, 3.05) is 6.61 Å². The maximum Gasteiger partial charge on any atom is 0.130 e. The highest BCUT2D eigenvalue weighted by Crippen LogP contribution is 2.39. The van der Waals surface area contributed by atoms with E-state index >= 15 is 0 Å². The number of hydrogen-bond acceptors (Lipinski definition) is 8. The number of hydrogen-bond donors (Lipinski definition) is 5. The Kier molecular flexibility index (Phi) is 5.41. The molecule has 4 rings (SSSR count). The van der Waals surface area contributed by atoms with Crippen molar-refractivity contribution in [1.29, 1.82) is 0 Å². The Bertz CT molecular complexity index is 956. The molecule has 0 spiro atoms. The number of halogens is 1. The molecule has 1 aliphatic rings.